The van der Waals surface area contributed by atoms with Gasteiger partial charge in [0.15, 0.2) is 0 Å². The molecule has 74 valence electrons. The average Bonchev–Trinajstić information content (AvgIpc) is 2.07. The van der Waals surface area contributed by atoms with Gasteiger partial charge in [0.2, 0.25) is 0 Å². The van der Waals surface area contributed by atoms with Crippen molar-refractivity contribution in [2.45, 2.75) is 20.0 Å². The van der Waals surface area contributed by atoms with Crippen molar-refractivity contribution in [3.63, 3.8) is 0 Å². The lowest BCUT2D eigenvalue weighted by Gasteiger charge is -2.11. The van der Waals surface area contributed by atoms with Gasteiger partial charge in [-0.1, -0.05) is 0 Å². The molecule has 0 fully saturated rings. The minimum absolute atomic E-state index is 0.0375. The molecular formula is C9H7F3N2. The zero-order valence-electron chi connectivity index (χ0n) is 7.61. The molecule has 0 aliphatic carbocycles. The van der Waals surface area contributed by atoms with E-state index in [1.165, 1.54) is 13.8 Å². The first-order valence-electron chi connectivity index (χ1n) is 3.81. The van der Waals surface area contributed by atoms with Gasteiger partial charge in [-0.05, 0) is 25.0 Å². The summed E-state index contributed by atoms with van der Waals surface area (Å²) in [5.41, 5.74) is -0.407. The number of hydrogen-bond acceptors (Lipinski definition) is 2. The number of rotatable bonds is 0. The molecule has 5 heteroatoms. The molecule has 0 aliphatic rings. The van der Waals surface area contributed by atoms with Crippen LogP contribution in [0.1, 0.15) is 22.4 Å². The van der Waals surface area contributed by atoms with Crippen LogP contribution in [-0.4, -0.2) is 4.98 Å². The molecule has 1 rings (SSSR count). The van der Waals surface area contributed by atoms with E-state index < -0.39 is 11.7 Å². The molecule has 2 nitrogen and oxygen atoms in total. The molecule has 0 amide bonds. The van der Waals surface area contributed by atoms with Crippen LogP contribution in [0.15, 0.2) is 6.20 Å². The summed E-state index contributed by atoms with van der Waals surface area (Å²) in [6.45, 7) is 2.79. The number of hydrogen-bond donors (Lipinski definition) is 0. The van der Waals surface area contributed by atoms with Crippen LogP contribution in [0.3, 0.4) is 0 Å². The van der Waals surface area contributed by atoms with Gasteiger partial charge in [0.25, 0.3) is 0 Å². The van der Waals surface area contributed by atoms with Gasteiger partial charge in [0, 0.05) is 6.20 Å². The second kappa shape index (κ2) is 3.29. The van der Waals surface area contributed by atoms with Crippen LogP contribution in [0, 0.1) is 25.2 Å². The smallest absolute Gasteiger partial charge is 0.245 e. The number of pyridine rings is 1. The summed E-state index contributed by atoms with van der Waals surface area (Å²) in [4.78, 5) is 3.44. The molecule has 0 atom stereocenters. The normalized spacial score (nSPS) is 11.1. The lowest BCUT2D eigenvalue weighted by atomic mass is 10.0. The van der Waals surface area contributed by atoms with E-state index in [0.717, 1.165) is 0 Å². The molecule has 14 heavy (non-hydrogen) atoms. The zero-order valence-corrected chi connectivity index (χ0v) is 7.61. The van der Waals surface area contributed by atoms with E-state index in [4.69, 9.17) is 5.26 Å². The minimum Gasteiger partial charge on any atom is -0.245 e. The SMILES string of the molecule is Cc1c(C(F)(F)F)cnc(C#N)c1C. The van der Waals surface area contributed by atoms with Gasteiger partial charge in [-0.3, -0.25) is 0 Å². The Morgan fingerprint density at radius 3 is 2.29 bits per heavy atom. The lowest BCUT2D eigenvalue weighted by molar-refractivity contribution is -0.138. The molecule has 0 aromatic carbocycles. The lowest BCUT2D eigenvalue weighted by Crippen LogP contribution is -2.10. The zero-order chi connectivity index (χ0) is 10.9. The predicted octanol–water partition coefficient (Wildman–Crippen LogP) is 2.59. The monoisotopic (exact) mass is 200 g/mol. The maximum Gasteiger partial charge on any atom is 0.418 e. The van der Waals surface area contributed by atoms with Crippen LogP contribution in [0.2, 0.25) is 0 Å². The Balaban J connectivity index is 3.41. The maximum atomic E-state index is 12.3. The minimum atomic E-state index is -4.41. The molecule has 0 bridgehead atoms. The van der Waals surface area contributed by atoms with Crippen LogP contribution >= 0.6 is 0 Å². The van der Waals surface area contributed by atoms with E-state index in [1.807, 2.05) is 0 Å². The van der Waals surface area contributed by atoms with Crippen molar-refractivity contribution in [2.75, 3.05) is 0 Å². The molecule has 0 saturated carbocycles. The Hall–Kier alpha value is -1.57. The highest BCUT2D eigenvalue weighted by Gasteiger charge is 2.33. The number of nitrogens with zero attached hydrogens (tertiary/aromatic N) is 2. The fourth-order valence-corrected chi connectivity index (χ4v) is 1.10. The van der Waals surface area contributed by atoms with Crippen LogP contribution in [0.4, 0.5) is 13.2 Å². The van der Waals surface area contributed by atoms with Crippen molar-refractivity contribution in [1.29, 1.82) is 5.26 Å². The third-order valence-corrected chi connectivity index (χ3v) is 2.06. The number of alkyl halides is 3. The molecule has 0 aliphatic heterocycles. The Morgan fingerprint density at radius 1 is 1.29 bits per heavy atom. The standard InChI is InChI=1S/C9H7F3N2/c1-5-6(2)8(3-13)14-4-7(5)9(10,11)12/h4H,1-2H3. The van der Waals surface area contributed by atoms with Crippen molar-refractivity contribution in [3.8, 4) is 6.07 Å². The van der Waals surface area contributed by atoms with Crippen LogP contribution in [0.5, 0.6) is 0 Å². The predicted molar refractivity (Wildman–Crippen MR) is 43.4 cm³/mol. The van der Waals surface area contributed by atoms with E-state index in [0.29, 0.717) is 6.20 Å². The molecule has 1 aromatic rings. The Kier molecular flexibility index (Phi) is 2.47. The summed E-state index contributed by atoms with van der Waals surface area (Å²) < 4.78 is 37.0. The van der Waals surface area contributed by atoms with E-state index in [9.17, 15) is 13.2 Å². The summed E-state index contributed by atoms with van der Waals surface area (Å²) >= 11 is 0. The van der Waals surface area contributed by atoms with Crippen LogP contribution in [0.25, 0.3) is 0 Å². The Morgan fingerprint density at radius 2 is 1.86 bits per heavy atom. The molecule has 1 aromatic heterocycles. The van der Waals surface area contributed by atoms with Gasteiger partial charge in [-0.15, -0.1) is 0 Å². The number of halogens is 3. The van der Waals surface area contributed by atoms with Gasteiger partial charge in [-0.2, -0.15) is 18.4 Å². The molecule has 0 spiro atoms. The molecular weight excluding hydrogens is 193 g/mol. The van der Waals surface area contributed by atoms with Gasteiger partial charge >= 0.3 is 6.18 Å². The molecule has 1 heterocycles. The molecule has 0 saturated heterocycles. The van der Waals surface area contributed by atoms with Gasteiger partial charge in [0.05, 0.1) is 5.56 Å². The fourth-order valence-electron chi connectivity index (χ4n) is 1.10. The highest BCUT2D eigenvalue weighted by Crippen LogP contribution is 2.32. The average molecular weight is 200 g/mol. The van der Waals surface area contributed by atoms with E-state index >= 15 is 0 Å². The van der Waals surface area contributed by atoms with Crippen molar-refractivity contribution >= 4 is 0 Å². The van der Waals surface area contributed by atoms with Crippen LogP contribution < -0.4 is 0 Å². The fraction of sp³-hybridized carbons (Fsp3) is 0.333. The van der Waals surface area contributed by atoms with Gasteiger partial charge in [-0.25, -0.2) is 4.98 Å². The van der Waals surface area contributed by atoms with E-state index in [2.05, 4.69) is 4.98 Å². The molecule has 0 radical (unpaired) electrons. The summed E-state index contributed by atoms with van der Waals surface area (Å²) in [6.07, 6.45) is -3.71. The van der Waals surface area contributed by atoms with E-state index in [-0.39, 0.29) is 16.8 Å². The van der Waals surface area contributed by atoms with Crippen molar-refractivity contribution in [2.24, 2.45) is 0 Å². The number of aromatic nitrogens is 1. The summed E-state index contributed by atoms with van der Waals surface area (Å²) in [5, 5.41) is 8.54. The first-order chi connectivity index (χ1) is 6.38. The molecule has 0 unspecified atom stereocenters. The number of nitriles is 1. The topological polar surface area (TPSA) is 36.7 Å². The summed E-state index contributed by atoms with van der Waals surface area (Å²) in [7, 11) is 0. The summed E-state index contributed by atoms with van der Waals surface area (Å²) in [6, 6.07) is 1.74. The first kappa shape index (κ1) is 10.5. The second-order valence-electron chi connectivity index (χ2n) is 2.88. The first-order valence-corrected chi connectivity index (χ1v) is 3.81. The largest absolute Gasteiger partial charge is 0.418 e. The Labute approximate surface area is 79.0 Å². The highest BCUT2D eigenvalue weighted by atomic mass is 19.4. The Bertz CT molecular complexity index is 402. The molecule has 0 N–H and O–H groups in total. The van der Waals surface area contributed by atoms with Crippen molar-refractivity contribution in [1.82, 2.24) is 4.98 Å². The van der Waals surface area contributed by atoms with Crippen molar-refractivity contribution < 1.29 is 13.2 Å². The third-order valence-electron chi connectivity index (χ3n) is 2.06. The quantitative estimate of drug-likeness (QED) is 0.645. The maximum absolute atomic E-state index is 12.3. The van der Waals surface area contributed by atoms with Gasteiger partial charge < -0.3 is 0 Å². The van der Waals surface area contributed by atoms with E-state index in [1.54, 1.807) is 6.07 Å². The third kappa shape index (κ3) is 1.69. The van der Waals surface area contributed by atoms with Gasteiger partial charge in [0.1, 0.15) is 11.8 Å². The highest BCUT2D eigenvalue weighted by molar-refractivity contribution is 5.41. The summed E-state index contributed by atoms with van der Waals surface area (Å²) in [5.74, 6) is 0. The van der Waals surface area contributed by atoms with Crippen molar-refractivity contribution in [3.05, 3.63) is 28.6 Å². The second-order valence-corrected chi connectivity index (χ2v) is 2.88. The van der Waals surface area contributed by atoms with Crippen LogP contribution in [-0.2, 0) is 6.18 Å².